The lowest BCUT2D eigenvalue weighted by Gasteiger charge is -2.32. The maximum atomic E-state index is 12.2. The van der Waals surface area contributed by atoms with Crippen LogP contribution in [0.5, 0.6) is 0 Å². The number of piperazine rings is 1. The van der Waals surface area contributed by atoms with E-state index in [1.807, 2.05) is 6.92 Å². The molecule has 2 rings (SSSR count). The highest BCUT2D eigenvalue weighted by molar-refractivity contribution is 5.96. The van der Waals surface area contributed by atoms with Crippen molar-refractivity contribution in [2.45, 2.75) is 19.9 Å². The molecule has 2 heterocycles. The highest BCUT2D eigenvalue weighted by Gasteiger charge is 2.30. The van der Waals surface area contributed by atoms with Gasteiger partial charge in [0.1, 0.15) is 17.6 Å². The number of rotatable bonds is 3. The molecule has 1 fully saturated rings. The second-order valence-corrected chi connectivity index (χ2v) is 4.28. The van der Waals surface area contributed by atoms with E-state index in [1.54, 1.807) is 6.92 Å². The van der Waals surface area contributed by atoms with E-state index in [4.69, 9.17) is 0 Å². The average Bonchev–Trinajstić information content (AvgIpc) is 2.42. The van der Waals surface area contributed by atoms with Gasteiger partial charge in [-0.3, -0.25) is 9.59 Å². The Morgan fingerprint density at radius 2 is 2.32 bits per heavy atom. The van der Waals surface area contributed by atoms with Gasteiger partial charge in [0.15, 0.2) is 0 Å². The van der Waals surface area contributed by atoms with Gasteiger partial charge in [-0.05, 0) is 13.8 Å². The van der Waals surface area contributed by atoms with Gasteiger partial charge in [-0.15, -0.1) is 0 Å². The van der Waals surface area contributed by atoms with Crippen molar-refractivity contribution in [3.8, 4) is 0 Å². The lowest BCUT2D eigenvalue weighted by molar-refractivity contribution is -0.127. The summed E-state index contributed by atoms with van der Waals surface area (Å²) in [4.78, 5) is 33.5. The number of carbonyl (C=O) groups excluding carboxylic acids is 2. The van der Waals surface area contributed by atoms with Crippen molar-refractivity contribution >= 4 is 17.6 Å². The molecule has 1 aromatic rings. The van der Waals surface area contributed by atoms with Crippen LogP contribution >= 0.6 is 0 Å². The molecule has 1 aliphatic heterocycles. The quantitative estimate of drug-likeness (QED) is 0.793. The van der Waals surface area contributed by atoms with Crippen molar-refractivity contribution in [3.63, 3.8) is 0 Å². The first-order chi connectivity index (χ1) is 9.13. The second kappa shape index (κ2) is 5.64. The first-order valence-corrected chi connectivity index (χ1v) is 6.28. The number of amides is 2. The monoisotopic (exact) mass is 263 g/mol. The fourth-order valence-electron chi connectivity index (χ4n) is 1.92. The van der Waals surface area contributed by atoms with Crippen molar-refractivity contribution in [1.82, 2.24) is 20.2 Å². The zero-order valence-electron chi connectivity index (χ0n) is 11.0. The van der Waals surface area contributed by atoms with Crippen molar-refractivity contribution in [2.75, 3.05) is 25.0 Å². The predicted molar refractivity (Wildman–Crippen MR) is 69.7 cm³/mol. The molecule has 1 atom stereocenters. The van der Waals surface area contributed by atoms with E-state index < -0.39 is 6.04 Å². The molecule has 2 amide bonds. The van der Waals surface area contributed by atoms with Crippen LogP contribution in [0.1, 0.15) is 24.3 Å². The summed E-state index contributed by atoms with van der Waals surface area (Å²) in [5.41, 5.74) is 0.253. The first kappa shape index (κ1) is 13.3. The molecule has 7 heteroatoms. The van der Waals surface area contributed by atoms with E-state index in [1.165, 1.54) is 17.3 Å². The van der Waals surface area contributed by atoms with Gasteiger partial charge >= 0.3 is 0 Å². The summed E-state index contributed by atoms with van der Waals surface area (Å²) >= 11 is 0. The molecular weight excluding hydrogens is 246 g/mol. The summed E-state index contributed by atoms with van der Waals surface area (Å²) in [7, 11) is 0. The molecule has 1 aromatic heterocycles. The topological polar surface area (TPSA) is 87.2 Å². The normalized spacial score (nSPS) is 18.9. The van der Waals surface area contributed by atoms with Crippen LogP contribution in [-0.2, 0) is 4.79 Å². The third-order valence-corrected chi connectivity index (χ3v) is 2.99. The minimum Gasteiger partial charge on any atom is -0.369 e. The van der Waals surface area contributed by atoms with Gasteiger partial charge in [0, 0.05) is 19.6 Å². The zero-order chi connectivity index (χ0) is 13.8. The summed E-state index contributed by atoms with van der Waals surface area (Å²) in [5, 5.41) is 5.72. The SMILES string of the molecule is CCNc1cnc(C(=O)N2CCNC(=O)C2C)cn1. The van der Waals surface area contributed by atoms with E-state index in [9.17, 15) is 9.59 Å². The lowest BCUT2D eigenvalue weighted by atomic mass is 10.2. The molecule has 0 aromatic carbocycles. The molecule has 2 N–H and O–H groups in total. The Labute approximate surface area is 111 Å². The van der Waals surface area contributed by atoms with Gasteiger partial charge in [0.05, 0.1) is 12.4 Å². The Balaban J connectivity index is 2.12. The summed E-state index contributed by atoms with van der Waals surface area (Å²) in [6.45, 7) is 5.35. The number of hydrogen-bond acceptors (Lipinski definition) is 5. The van der Waals surface area contributed by atoms with Crippen molar-refractivity contribution in [3.05, 3.63) is 18.1 Å². The number of hydrogen-bond donors (Lipinski definition) is 2. The number of aromatic nitrogens is 2. The summed E-state index contributed by atoms with van der Waals surface area (Å²) in [6.07, 6.45) is 2.95. The van der Waals surface area contributed by atoms with Gasteiger partial charge in [0.25, 0.3) is 5.91 Å². The largest absolute Gasteiger partial charge is 0.369 e. The molecular formula is C12H17N5O2. The first-order valence-electron chi connectivity index (χ1n) is 6.28. The third kappa shape index (κ3) is 2.81. The Morgan fingerprint density at radius 1 is 1.53 bits per heavy atom. The molecule has 7 nitrogen and oxygen atoms in total. The van der Waals surface area contributed by atoms with Gasteiger partial charge < -0.3 is 15.5 Å². The minimum atomic E-state index is -0.475. The molecule has 102 valence electrons. The van der Waals surface area contributed by atoms with Gasteiger partial charge in [-0.25, -0.2) is 9.97 Å². The standard InChI is InChI=1S/C12H17N5O2/c1-3-13-10-7-15-9(6-16-10)12(19)17-5-4-14-11(18)8(17)2/h6-8H,3-5H2,1-2H3,(H,13,16)(H,14,18). The van der Waals surface area contributed by atoms with Crippen molar-refractivity contribution in [1.29, 1.82) is 0 Å². The maximum Gasteiger partial charge on any atom is 0.274 e. The third-order valence-electron chi connectivity index (χ3n) is 2.99. The highest BCUT2D eigenvalue weighted by Crippen LogP contribution is 2.10. The molecule has 19 heavy (non-hydrogen) atoms. The Bertz CT molecular complexity index is 474. The van der Waals surface area contributed by atoms with Crippen LogP contribution in [0.2, 0.25) is 0 Å². The molecule has 0 spiro atoms. The summed E-state index contributed by atoms with van der Waals surface area (Å²) in [5.74, 6) is 0.221. The number of nitrogens with one attached hydrogen (secondary N) is 2. The minimum absolute atomic E-state index is 0.142. The van der Waals surface area contributed by atoms with Crippen LogP contribution in [0.4, 0.5) is 5.82 Å². The van der Waals surface area contributed by atoms with Gasteiger partial charge in [-0.1, -0.05) is 0 Å². The van der Waals surface area contributed by atoms with E-state index in [-0.39, 0.29) is 17.5 Å². The van der Waals surface area contributed by atoms with E-state index in [0.717, 1.165) is 6.54 Å². The van der Waals surface area contributed by atoms with Crippen LogP contribution in [0.3, 0.4) is 0 Å². The van der Waals surface area contributed by atoms with Crippen LogP contribution in [0.15, 0.2) is 12.4 Å². The zero-order valence-corrected chi connectivity index (χ0v) is 11.0. The van der Waals surface area contributed by atoms with Crippen LogP contribution < -0.4 is 10.6 Å². The number of anilines is 1. The molecule has 0 radical (unpaired) electrons. The Morgan fingerprint density at radius 3 is 2.95 bits per heavy atom. The number of carbonyl (C=O) groups is 2. The molecule has 1 aliphatic rings. The molecule has 1 saturated heterocycles. The molecule has 0 aliphatic carbocycles. The fourth-order valence-corrected chi connectivity index (χ4v) is 1.92. The fraction of sp³-hybridized carbons (Fsp3) is 0.500. The van der Waals surface area contributed by atoms with E-state index >= 15 is 0 Å². The summed E-state index contributed by atoms with van der Waals surface area (Å²) in [6, 6.07) is -0.475. The van der Waals surface area contributed by atoms with Crippen LogP contribution in [0.25, 0.3) is 0 Å². The maximum absolute atomic E-state index is 12.2. The van der Waals surface area contributed by atoms with Crippen LogP contribution in [0, 0.1) is 0 Å². The second-order valence-electron chi connectivity index (χ2n) is 4.28. The predicted octanol–water partition coefficient (Wildman–Crippen LogP) is -0.131. The Hall–Kier alpha value is -2.18. The smallest absolute Gasteiger partial charge is 0.274 e. The lowest BCUT2D eigenvalue weighted by Crippen LogP contribution is -2.55. The molecule has 1 unspecified atom stereocenters. The Kier molecular flexibility index (Phi) is 3.94. The molecule has 0 bridgehead atoms. The van der Waals surface area contributed by atoms with Crippen molar-refractivity contribution in [2.24, 2.45) is 0 Å². The summed E-state index contributed by atoms with van der Waals surface area (Å²) < 4.78 is 0. The van der Waals surface area contributed by atoms with Crippen LogP contribution in [-0.4, -0.2) is 52.4 Å². The van der Waals surface area contributed by atoms with E-state index in [2.05, 4.69) is 20.6 Å². The van der Waals surface area contributed by atoms with Gasteiger partial charge in [-0.2, -0.15) is 0 Å². The average molecular weight is 263 g/mol. The van der Waals surface area contributed by atoms with Gasteiger partial charge in [0.2, 0.25) is 5.91 Å². The van der Waals surface area contributed by atoms with Crippen molar-refractivity contribution < 1.29 is 9.59 Å². The number of nitrogens with zero attached hydrogens (tertiary/aromatic N) is 3. The molecule has 0 saturated carbocycles. The highest BCUT2D eigenvalue weighted by atomic mass is 16.2. The van der Waals surface area contributed by atoms with E-state index in [0.29, 0.717) is 18.9 Å².